The molecule has 0 unspecified atom stereocenters. The second kappa shape index (κ2) is 4.81. The molecule has 0 aliphatic heterocycles. The number of aromatic nitrogens is 2. The first kappa shape index (κ1) is 11.9. The largest absolute Gasteiger partial charge is 0.438 e. The van der Waals surface area contributed by atoms with Crippen molar-refractivity contribution < 1.29 is 9.13 Å². The second-order valence-corrected chi connectivity index (χ2v) is 4.70. The standard InChI is InChI=1S/C13H10FN3OS/c1-15-13-16-11(10-5-6-19-12(10)17-13)18-9-4-2-3-8(14)7-9/h2-7H,1H3,(H,15,16,17). The Morgan fingerprint density at radius 1 is 1.26 bits per heavy atom. The van der Waals surface area contributed by atoms with Crippen LogP contribution in [0, 0.1) is 5.82 Å². The highest BCUT2D eigenvalue weighted by molar-refractivity contribution is 7.16. The number of thiophene rings is 1. The van der Waals surface area contributed by atoms with Crippen molar-refractivity contribution in [3.8, 4) is 11.6 Å². The Hall–Kier alpha value is -2.21. The SMILES string of the molecule is CNc1nc(Oc2cccc(F)c2)c2ccsc2n1. The van der Waals surface area contributed by atoms with Crippen LogP contribution in [0.15, 0.2) is 35.7 Å². The predicted molar refractivity (Wildman–Crippen MR) is 73.4 cm³/mol. The van der Waals surface area contributed by atoms with Crippen LogP contribution in [0.25, 0.3) is 10.2 Å². The normalized spacial score (nSPS) is 10.6. The first-order valence-electron chi connectivity index (χ1n) is 5.62. The average molecular weight is 275 g/mol. The van der Waals surface area contributed by atoms with Crippen molar-refractivity contribution in [3.05, 3.63) is 41.5 Å². The molecule has 19 heavy (non-hydrogen) atoms. The van der Waals surface area contributed by atoms with Gasteiger partial charge in [0.2, 0.25) is 11.8 Å². The maximum absolute atomic E-state index is 13.1. The van der Waals surface area contributed by atoms with E-state index >= 15 is 0 Å². The maximum atomic E-state index is 13.1. The molecule has 2 heterocycles. The van der Waals surface area contributed by atoms with Crippen LogP contribution in [0.3, 0.4) is 0 Å². The number of nitrogens with one attached hydrogen (secondary N) is 1. The van der Waals surface area contributed by atoms with Crippen molar-refractivity contribution >= 4 is 27.5 Å². The summed E-state index contributed by atoms with van der Waals surface area (Å²) in [5, 5.41) is 5.60. The van der Waals surface area contributed by atoms with Gasteiger partial charge in [0.15, 0.2) is 0 Å². The van der Waals surface area contributed by atoms with E-state index in [4.69, 9.17) is 4.74 Å². The number of nitrogens with zero attached hydrogens (tertiary/aromatic N) is 2. The van der Waals surface area contributed by atoms with Crippen LogP contribution in [0.2, 0.25) is 0 Å². The summed E-state index contributed by atoms with van der Waals surface area (Å²) in [6.45, 7) is 0. The van der Waals surface area contributed by atoms with E-state index in [1.807, 2.05) is 11.4 Å². The highest BCUT2D eigenvalue weighted by Crippen LogP contribution is 2.31. The summed E-state index contributed by atoms with van der Waals surface area (Å²) in [5.41, 5.74) is 0. The zero-order valence-corrected chi connectivity index (χ0v) is 10.9. The van der Waals surface area contributed by atoms with E-state index in [2.05, 4.69) is 15.3 Å². The average Bonchev–Trinajstić information content (AvgIpc) is 2.87. The molecule has 0 saturated heterocycles. The van der Waals surface area contributed by atoms with Gasteiger partial charge in [0.05, 0.1) is 5.39 Å². The number of fused-ring (bicyclic) bond motifs is 1. The third-order valence-electron chi connectivity index (χ3n) is 2.52. The van der Waals surface area contributed by atoms with Gasteiger partial charge in [-0.2, -0.15) is 4.98 Å². The molecule has 6 heteroatoms. The zero-order valence-electron chi connectivity index (χ0n) is 10.1. The molecule has 3 rings (SSSR count). The van der Waals surface area contributed by atoms with Crippen LogP contribution in [0.4, 0.5) is 10.3 Å². The van der Waals surface area contributed by atoms with E-state index in [0.717, 1.165) is 10.2 Å². The maximum Gasteiger partial charge on any atom is 0.232 e. The van der Waals surface area contributed by atoms with Crippen molar-refractivity contribution in [1.29, 1.82) is 0 Å². The topological polar surface area (TPSA) is 47.0 Å². The zero-order chi connectivity index (χ0) is 13.2. The molecule has 0 atom stereocenters. The third kappa shape index (κ3) is 2.34. The molecule has 0 saturated carbocycles. The number of hydrogen-bond acceptors (Lipinski definition) is 5. The fourth-order valence-electron chi connectivity index (χ4n) is 1.66. The highest BCUT2D eigenvalue weighted by atomic mass is 32.1. The summed E-state index contributed by atoms with van der Waals surface area (Å²) in [5.74, 6) is 0.956. The summed E-state index contributed by atoms with van der Waals surface area (Å²) in [6, 6.07) is 7.84. The number of halogens is 1. The minimum Gasteiger partial charge on any atom is -0.438 e. The molecule has 3 aromatic rings. The van der Waals surface area contributed by atoms with Crippen molar-refractivity contribution in [2.45, 2.75) is 0 Å². The van der Waals surface area contributed by atoms with E-state index in [1.165, 1.54) is 23.5 Å². The first-order valence-corrected chi connectivity index (χ1v) is 6.50. The molecular weight excluding hydrogens is 265 g/mol. The van der Waals surface area contributed by atoms with Crippen molar-refractivity contribution in [1.82, 2.24) is 9.97 Å². The molecular formula is C13H10FN3OS. The summed E-state index contributed by atoms with van der Waals surface area (Å²) < 4.78 is 18.8. The molecule has 0 aliphatic rings. The molecule has 4 nitrogen and oxygen atoms in total. The molecule has 0 amide bonds. The Labute approximate surface area is 112 Å². The van der Waals surface area contributed by atoms with E-state index in [-0.39, 0.29) is 5.82 Å². The van der Waals surface area contributed by atoms with Gasteiger partial charge < -0.3 is 10.1 Å². The molecule has 0 spiro atoms. The van der Waals surface area contributed by atoms with Gasteiger partial charge in [-0.3, -0.25) is 0 Å². The van der Waals surface area contributed by atoms with Crippen molar-refractivity contribution in [2.75, 3.05) is 12.4 Å². The summed E-state index contributed by atoms with van der Waals surface area (Å²) in [7, 11) is 1.74. The number of ether oxygens (including phenoxy) is 1. The quantitative estimate of drug-likeness (QED) is 0.792. The van der Waals surface area contributed by atoms with E-state index in [0.29, 0.717) is 17.6 Å². The molecule has 0 fully saturated rings. The van der Waals surface area contributed by atoms with Gasteiger partial charge in [0.25, 0.3) is 0 Å². The van der Waals surface area contributed by atoms with Gasteiger partial charge in [-0.1, -0.05) is 6.07 Å². The molecule has 1 N–H and O–H groups in total. The van der Waals surface area contributed by atoms with Crippen LogP contribution in [0.5, 0.6) is 11.6 Å². The Morgan fingerprint density at radius 3 is 2.95 bits per heavy atom. The minimum absolute atomic E-state index is 0.345. The smallest absolute Gasteiger partial charge is 0.232 e. The minimum atomic E-state index is -0.345. The number of rotatable bonds is 3. The number of benzene rings is 1. The lowest BCUT2D eigenvalue weighted by Gasteiger charge is -2.07. The molecule has 0 radical (unpaired) electrons. The highest BCUT2D eigenvalue weighted by Gasteiger charge is 2.10. The molecule has 1 aromatic carbocycles. The number of hydrogen-bond donors (Lipinski definition) is 1. The summed E-state index contributed by atoms with van der Waals surface area (Å²) in [4.78, 5) is 9.40. The predicted octanol–water partition coefficient (Wildman–Crippen LogP) is 3.66. The Bertz CT molecular complexity index is 729. The lowest BCUT2D eigenvalue weighted by Crippen LogP contribution is -1.98. The van der Waals surface area contributed by atoms with Gasteiger partial charge in [-0.25, -0.2) is 9.37 Å². The van der Waals surface area contributed by atoms with Crippen LogP contribution < -0.4 is 10.1 Å². The third-order valence-corrected chi connectivity index (χ3v) is 3.33. The van der Waals surface area contributed by atoms with Gasteiger partial charge in [-0.05, 0) is 23.6 Å². The van der Waals surface area contributed by atoms with Gasteiger partial charge >= 0.3 is 0 Å². The van der Waals surface area contributed by atoms with Crippen LogP contribution >= 0.6 is 11.3 Å². The fourth-order valence-corrected chi connectivity index (χ4v) is 2.41. The monoisotopic (exact) mass is 275 g/mol. The van der Waals surface area contributed by atoms with E-state index in [1.54, 1.807) is 19.2 Å². The van der Waals surface area contributed by atoms with Gasteiger partial charge in [0, 0.05) is 13.1 Å². The Kier molecular flexibility index (Phi) is 3.00. The molecule has 0 bridgehead atoms. The summed E-state index contributed by atoms with van der Waals surface area (Å²) in [6.07, 6.45) is 0. The molecule has 96 valence electrons. The van der Waals surface area contributed by atoms with Crippen LogP contribution in [-0.2, 0) is 0 Å². The van der Waals surface area contributed by atoms with Crippen LogP contribution in [0.1, 0.15) is 0 Å². The van der Waals surface area contributed by atoms with E-state index in [9.17, 15) is 4.39 Å². The molecule has 0 aliphatic carbocycles. The van der Waals surface area contributed by atoms with Gasteiger partial charge in [-0.15, -0.1) is 11.3 Å². The lowest BCUT2D eigenvalue weighted by atomic mass is 10.3. The van der Waals surface area contributed by atoms with E-state index < -0.39 is 0 Å². The Morgan fingerprint density at radius 2 is 2.16 bits per heavy atom. The second-order valence-electron chi connectivity index (χ2n) is 3.80. The first-order chi connectivity index (χ1) is 9.26. The summed E-state index contributed by atoms with van der Waals surface area (Å²) >= 11 is 1.50. The van der Waals surface area contributed by atoms with Crippen molar-refractivity contribution in [3.63, 3.8) is 0 Å². The lowest BCUT2D eigenvalue weighted by molar-refractivity contribution is 0.464. The fraction of sp³-hybridized carbons (Fsp3) is 0.0769. The van der Waals surface area contributed by atoms with Crippen LogP contribution in [-0.4, -0.2) is 17.0 Å². The van der Waals surface area contributed by atoms with Crippen molar-refractivity contribution in [2.24, 2.45) is 0 Å². The Balaban J connectivity index is 2.06. The van der Waals surface area contributed by atoms with Gasteiger partial charge in [0.1, 0.15) is 16.4 Å². The number of anilines is 1. The molecule has 2 aromatic heterocycles.